The maximum absolute atomic E-state index is 13.1. The van der Waals surface area contributed by atoms with Crippen LogP contribution in [0.1, 0.15) is 5.56 Å². The number of aromatic nitrogens is 3. The maximum atomic E-state index is 13.1. The fraction of sp³-hybridized carbons (Fsp3) is 0.286. The molecule has 0 bridgehead atoms. The molecule has 0 aliphatic carbocycles. The SMILES string of the molecule is Cc1ccc(-c2nc(SCC(=O)N3CCN(c4ccc(F)cc4)CC3)n[nH]2)cc1. The van der Waals surface area contributed by atoms with E-state index in [2.05, 4.69) is 20.1 Å². The molecule has 1 aromatic heterocycles. The second-order valence-corrected chi connectivity index (χ2v) is 7.91. The number of hydrogen-bond acceptors (Lipinski definition) is 5. The van der Waals surface area contributed by atoms with Crippen molar-refractivity contribution in [1.29, 1.82) is 0 Å². The van der Waals surface area contributed by atoms with Crippen molar-refractivity contribution in [3.05, 3.63) is 59.9 Å². The molecule has 0 radical (unpaired) electrons. The Bertz CT molecular complexity index is 965. The first-order valence-electron chi connectivity index (χ1n) is 9.49. The summed E-state index contributed by atoms with van der Waals surface area (Å²) in [6, 6.07) is 14.5. The first-order chi connectivity index (χ1) is 14.1. The number of carbonyl (C=O) groups is 1. The average Bonchev–Trinajstić information content (AvgIpc) is 3.22. The molecule has 29 heavy (non-hydrogen) atoms. The molecule has 1 N–H and O–H groups in total. The highest BCUT2D eigenvalue weighted by Gasteiger charge is 2.22. The monoisotopic (exact) mass is 411 g/mol. The van der Waals surface area contributed by atoms with Crippen LogP contribution in [0.3, 0.4) is 0 Å². The van der Waals surface area contributed by atoms with Gasteiger partial charge in [0.15, 0.2) is 5.82 Å². The van der Waals surface area contributed by atoms with E-state index in [4.69, 9.17) is 0 Å². The van der Waals surface area contributed by atoms with Crippen molar-refractivity contribution >= 4 is 23.4 Å². The molecule has 3 aromatic rings. The largest absolute Gasteiger partial charge is 0.368 e. The van der Waals surface area contributed by atoms with Crippen LogP contribution >= 0.6 is 11.8 Å². The quantitative estimate of drug-likeness (QED) is 0.652. The fourth-order valence-electron chi connectivity index (χ4n) is 3.24. The molecule has 1 amide bonds. The Labute approximate surface area is 173 Å². The molecule has 150 valence electrons. The number of nitrogens with one attached hydrogen (secondary N) is 1. The predicted octanol–water partition coefficient (Wildman–Crippen LogP) is 3.36. The average molecular weight is 412 g/mol. The Hall–Kier alpha value is -2.87. The Morgan fingerprint density at radius 1 is 1.07 bits per heavy atom. The highest BCUT2D eigenvalue weighted by Crippen LogP contribution is 2.21. The number of aromatic amines is 1. The summed E-state index contributed by atoms with van der Waals surface area (Å²) in [5, 5.41) is 7.71. The van der Waals surface area contributed by atoms with Gasteiger partial charge in [-0.25, -0.2) is 9.37 Å². The normalized spacial score (nSPS) is 14.3. The third-order valence-corrected chi connectivity index (χ3v) is 5.77. The molecular formula is C21H22FN5OS. The minimum absolute atomic E-state index is 0.0791. The molecule has 0 atom stereocenters. The van der Waals surface area contributed by atoms with Crippen molar-refractivity contribution in [2.24, 2.45) is 0 Å². The summed E-state index contributed by atoms with van der Waals surface area (Å²) in [7, 11) is 0. The molecule has 0 saturated carbocycles. The van der Waals surface area contributed by atoms with E-state index in [-0.39, 0.29) is 11.7 Å². The lowest BCUT2D eigenvalue weighted by Gasteiger charge is -2.36. The van der Waals surface area contributed by atoms with Crippen LogP contribution in [0.5, 0.6) is 0 Å². The second kappa shape index (κ2) is 8.65. The van der Waals surface area contributed by atoms with Gasteiger partial charge in [0.1, 0.15) is 5.82 Å². The van der Waals surface area contributed by atoms with E-state index in [9.17, 15) is 9.18 Å². The van der Waals surface area contributed by atoms with Gasteiger partial charge in [0.2, 0.25) is 11.1 Å². The van der Waals surface area contributed by atoms with Crippen molar-refractivity contribution < 1.29 is 9.18 Å². The molecule has 4 rings (SSSR count). The van der Waals surface area contributed by atoms with Crippen LogP contribution in [-0.4, -0.2) is 57.9 Å². The highest BCUT2D eigenvalue weighted by molar-refractivity contribution is 7.99. The lowest BCUT2D eigenvalue weighted by atomic mass is 10.1. The third kappa shape index (κ3) is 4.76. The molecule has 1 saturated heterocycles. The number of amides is 1. The number of thioether (sulfide) groups is 1. The Balaban J connectivity index is 1.27. The van der Waals surface area contributed by atoms with Gasteiger partial charge in [0.05, 0.1) is 5.75 Å². The smallest absolute Gasteiger partial charge is 0.233 e. The van der Waals surface area contributed by atoms with Crippen LogP contribution in [0, 0.1) is 12.7 Å². The van der Waals surface area contributed by atoms with E-state index < -0.39 is 0 Å². The van der Waals surface area contributed by atoms with Gasteiger partial charge >= 0.3 is 0 Å². The number of benzene rings is 2. The zero-order chi connectivity index (χ0) is 20.2. The zero-order valence-electron chi connectivity index (χ0n) is 16.1. The zero-order valence-corrected chi connectivity index (χ0v) is 17.0. The van der Waals surface area contributed by atoms with Crippen LogP contribution < -0.4 is 4.90 Å². The second-order valence-electron chi connectivity index (χ2n) is 6.97. The van der Waals surface area contributed by atoms with E-state index in [1.54, 1.807) is 12.1 Å². The standard InChI is InChI=1S/C21H22FN5OS/c1-15-2-4-16(5-3-15)20-23-21(25-24-20)29-14-19(28)27-12-10-26(11-13-27)18-8-6-17(22)7-9-18/h2-9H,10-14H2,1H3,(H,23,24,25). The first-order valence-corrected chi connectivity index (χ1v) is 10.5. The third-order valence-electron chi connectivity index (χ3n) is 4.94. The maximum Gasteiger partial charge on any atom is 0.233 e. The van der Waals surface area contributed by atoms with Gasteiger partial charge in [-0.2, -0.15) is 0 Å². The number of hydrogen-bond donors (Lipinski definition) is 1. The van der Waals surface area contributed by atoms with Crippen molar-refractivity contribution in [3.8, 4) is 11.4 Å². The molecule has 2 aromatic carbocycles. The molecule has 8 heteroatoms. The summed E-state index contributed by atoms with van der Waals surface area (Å²) in [6.45, 7) is 4.82. The van der Waals surface area contributed by atoms with Crippen LogP contribution in [-0.2, 0) is 4.79 Å². The molecule has 6 nitrogen and oxygen atoms in total. The summed E-state index contributed by atoms with van der Waals surface area (Å²) < 4.78 is 13.1. The lowest BCUT2D eigenvalue weighted by molar-refractivity contribution is -0.128. The van der Waals surface area contributed by atoms with E-state index in [0.29, 0.717) is 29.8 Å². The predicted molar refractivity (Wildman–Crippen MR) is 112 cm³/mol. The van der Waals surface area contributed by atoms with Gasteiger partial charge in [-0.3, -0.25) is 9.89 Å². The fourth-order valence-corrected chi connectivity index (χ4v) is 3.94. The van der Waals surface area contributed by atoms with Gasteiger partial charge < -0.3 is 9.80 Å². The molecule has 1 fully saturated rings. The lowest BCUT2D eigenvalue weighted by Crippen LogP contribution is -2.49. The van der Waals surface area contributed by atoms with E-state index in [0.717, 1.165) is 24.3 Å². The molecule has 1 aliphatic heterocycles. The number of rotatable bonds is 5. The molecule has 0 spiro atoms. The van der Waals surface area contributed by atoms with Gasteiger partial charge in [-0.15, -0.1) is 5.10 Å². The number of aryl methyl sites for hydroxylation is 1. The summed E-state index contributed by atoms with van der Waals surface area (Å²) >= 11 is 1.34. The minimum atomic E-state index is -0.239. The Morgan fingerprint density at radius 3 is 2.45 bits per heavy atom. The van der Waals surface area contributed by atoms with Crippen molar-refractivity contribution in [2.45, 2.75) is 12.1 Å². The number of piperazine rings is 1. The summed E-state index contributed by atoms with van der Waals surface area (Å²) in [6.07, 6.45) is 0. The molecule has 1 aliphatic rings. The summed E-state index contributed by atoms with van der Waals surface area (Å²) in [4.78, 5) is 21.0. The minimum Gasteiger partial charge on any atom is -0.368 e. The van der Waals surface area contributed by atoms with Gasteiger partial charge in [0.25, 0.3) is 0 Å². The Kier molecular flexibility index (Phi) is 5.80. The number of nitrogens with zero attached hydrogens (tertiary/aromatic N) is 4. The van der Waals surface area contributed by atoms with Crippen molar-refractivity contribution in [1.82, 2.24) is 20.1 Å². The van der Waals surface area contributed by atoms with Crippen molar-refractivity contribution in [3.63, 3.8) is 0 Å². The number of halogens is 1. The van der Waals surface area contributed by atoms with Gasteiger partial charge in [0, 0.05) is 37.4 Å². The molecule has 2 heterocycles. The number of anilines is 1. The first kappa shape index (κ1) is 19.4. The summed E-state index contributed by atoms with van der Waals surface area (Å²) in [5.41, 5.74) is 3.14. The van der Waals surface area contributed by atoms with Crippen LogP contribution in [0.15, 0.2) is 53.7 Å². The van der Waals surface area contributed by atoms with Crippen LogP contribution in [0.4, 0.5) is 10.1 Å². The van der Waals surface area contributed by atoms with Gasteiger partial charge in [-0.1, -0.05) is 41.6 Å². The van der Waals surface area contributed by atoms with Gasteiger partial charge in [-0.05, 0) is 31.2 Å². The molecule has 0 unspecified atom stereocenters. The number of H-pyrrole nitrogens is 1. The van der Waals surface area contributed by atoms with Crippen LogP contribution in [0.2, 0.25) is 0 Å². The van der Waals surface area contributed by atoms with Crippen LogP contribution in [0.25, 0.3) is 11.4 Å². The van der Waals surface area contributed by atoms with E-state index in [1.165, 1.54) is 29.5 Å². The van der Waals surface area contributed by atoms with Crippen molar-refractivity contribution in [2.75, 3.05) is 36.8 Å². The number of carbonyl (C=O) groups excluding carboxylic acids is 1. The van der Waals surface area contributed by atoms with E-state index >= 15 is 0 Å². The Morgan fingerprint density at radius 2 is 1.76 bits per heavy atom. The highest BCUT2D eigenvalue weighted by atomic mass is 32.2. The topological polar surface area (TPSA) is 65.1 Å². The van der Waals surface area contributed by atoms with E-state index in [1.807, 2.05) is 36.1 Å². The summed E-state index contributed by atoms with van der Waals surface area (Å²) in [5.74, 6) is 0.849. The molecular weight excluding hydrogens is 389 g/mol.